The number of rotatable bonds is 3. The maximum atomic E-state index is 5.46. The van der Waals surface area contributed by atoms with Crippen molar-refractivity contribution in [2.24, 2.45) is 0 Å². The van der Waals surface area contributed by atoms with Crippen LogP contribution in [0.25, 0.3) is 6.08 Å². The van der Waals surface area contributed by atoms with Crippen LogP contribution in [0.4, 0.5) is 0 Å². The normalized spacial score (nSPS) is 10.6. The molecule has 2 aromatic rings. The Morgan fingerprint density at radius 3 is 2.25 bits per heavy atom. The first-order chi connectivity index (χ1) is 7.84. The van der Waals surface area contributed by atoms with Gasteiger partial charge in [0.1, 0.15) is 5.75 Å². The highest BCUT2D eigenvalue weighted by atomic mass is 16.5. The number of hydrogen-bond acceptors (Lipinski definition) is 1. The minimum absolute atomic E-state index is 0.853. The van der Waals surface area contributed by atoms with Gasteiger partial charge in [-0.3, -0.25) is 0 Å². The van der Waals surface area contributed by atoms with Crippen LogP contribution in [0.3, 0.4) is 0 Å². The van der Waals surface area contributed by atoms with Gasteiger partial charge in [-0.1, -0.05) is 48.0 Å². The maximum Gasteiger partial charge on any atom is 0.126 e. The summed E-state index contributed by atoms with van der Waals surface area (Å²) in [5.41, 5.74) is 2.41. The highest BCUT2D eigenvalue weighted by Crippen LogP contribution is 2.10. The Hall–Kier alpha value is -2.02. The van der Waals surface area contributed by atoms with E-state index in [9.17, 15) is 0 Å². The van der Waals surface area contributed by atoms with Crippen molar-refractivity contribution < 1.29 is 4.74 Å². The highest BCUT2D eigenvalue weighted by molar-refractivity contribution is 5.48. The molecule has 0 aliphatic heterocycles. The third-order valence-corrected chi connectivity index (χ3v) is 2.29. The lowest BCUT2D eigenvalue weighted by Gasteiger charge is -1.98. The Kier molecular flexibility index (Phi) is 3.39. The predicted octanol–water partition coefficient (Wildman–Crippen LogP) is 4.04. The number of benzene rings is 2. The van der Waals surface area contributed by atoms with Gasteiger partial charge in [-0.25, -0.2) is 0 Å². The quantitative estimate of drug-likeness (QED) is 0.694. The van der Waals surface area contributed by atoms with E-state index >= 15 is 0 Å². The molecule has 0 amide bonds. The zero-order chi connectivity index (χ0) is 11.2. The molecular weight excluding hydrogens is 196 g/mol. The van der Waals surface area contributed by atoms with E-state index in [1.165, 1.54) is 5.56 Å². The van der Waals surface area contributed by atoms with Crippen LogP contribution >= 0.6 is 0 Å². The molecule has 1 heteroatoms. The lowest BCUT2D eigenvalue weighted by atomic mass is 10.1. The Morgan fingerprint density at radius 2 is 1.56 bits per heavy atom. The first-order valence-electron chi connectivity index (χ1n) is 5.29. The van der Waals surface area contributed by atoms with Crippen LogP contribution in [0.1, 0.15) is 11.1 Å². The van der Waals surface area contributed by atoms with Gasteiger partial charge in [-0.2, -0.15) is 0 Å². The van der Waals surface area contributed by atoms with Gasteiger partial charge in [0.15, 0.2) is 0 Å². The summed E-state index contributed by atoms with van der Waals surface area (Å²) in [5.74, 6) is 0.853. The molecule has 0 N–H and O–H groups in total. The fourth-order valence-electron chi connectivity index (χ4n) is 1.37. The number of aryl methyl sites for hydroxylation is 1. The Bertz CT molecular complexity index is 455. The second-order valence-electron chi connectivity index (χ2n) is 3.64. The third kappa shape index (κ3) is 2.99. The fraction of sp³-hybridized carbons (Fsp3) is 0.0667. The molecule has 0 saturated heterocycles. The summed E-state index contributed by atoms with van der Waals surface area (Å²) in [6.07, 6.45) is 3.66. The minimum atomic E-state index is 0.853. The summed E-state index contributed by atoms with van der Waals surface area (Å²) in [6, 6.07) is 18.0. The summed E-state index contributed by atoms with van der Waals surface area (Å²) in [5, 5.41) is 0. The molecule has 0 aliphatic rings. The molecule has 2 aromatic carbocycles. The van der Waals surface area contributed by atoms with E-state index in [0.717, 1.165) is 11.3 Å². The van der Waals surface area contributed by atoms with E-state index in [0.29, 0.717) is 0 Å². The van der Waals surface area contributed by atoms with Crippen molar-refractivity contribution in [3.05, 3.63) is 72.0 Å². The van der Waals surface area contributed by atoms with Crippen LogP contribution in [0.15, 0.2) is 60.9 Å². The highest BCUT2D eigenvalue weighted by Gasteiger charge is 1.88. The van der Waals surface area contributed by atoms with Gasteiger partial charge in [0, 0.05) is 0 Å². The Balaban J connectivity index is 1.98. The summed E-state index contributed by atoms with van der Waals surface area (Å²) in [6.45, 7) is 2.08. The lowest BCUT2D eigenvalue weighted by molar-refractivity contribution is 0.485. The molecule has 80 valence electrons. The van der Waals surface area contributed by atoms with Gasteiger partial charge in [-0.15, -0.1) is 0 Å². The molecule has 0 fully saturated rings. The van der Waals surface area contributed by atoms with Crippen LogP contribution in [0, 0.1) is 6.92 Å². The van der Waals surface area contributed by atoms with Gasteiger partial charge >= 0.3 is 0 Å². The van der Waals surface area contributed by atoms with Crippen LogP contribution in [0.2, 0.25) is 0 Å². The average Bonchev–Trinajstić information content (AvgIpc) is 2.33. The molecule has 0 atom stereocenters. The van der Waals surface area contributed by atoms with Gasteiger partial charge in [0.2, 0.25) is 0 Å². The monoisotopic (exact) mass is 210 g/mol. The molecule has 0 radical (unpaired) electrons. The van der Waals surface area contributed by atoms with Crippen molar-refractivity contribution in [2.75, 3.05) is 0 Å². The van der Waals surface area contributed by atoms with E-state index < -0.39 is 0 Å². The van der Waals surface area contributed by atoms with Crippen molar-refractivity contribution >= 4 is 6.08 Å². The largest absolute Gasteiger partial charge is 0.465 e. The molecule has 0 spiro atoms. The molecule has 0 unspecified atom stereocenters. The van der Waals surface area contributed by atoms with Crippen LogP contribution in [-0.2, 0) is 0 Å². The van der Waals surface area contributed by atoms with Crippen molar-refractivity contribution in [3.63, 3.8) is 0 Å². The van der Waals surface area contributed by atoms with E-state index in [1.807, 2.05) is 36.4 Å². The fourth-order valence-corrected chi connectivity index (χ4v) is 1.37. The zero-order valence-electron chi connectivity index (χ0n) is 9.26. The molecule has 0 aromatic heterocycles. The number of hydrogen-bond donors (Lipinski definition) is 0. The van der Waals surface area contributed by atoms with E-state index in [-0.39, 0.29) is 0 Å². The molecule has 16 heavy (non-hydrogen) atoms. The molecule has 0 heterocycles. The van der Waals surface area contributed by atoms with Gasteiger partial charge in [-0.05, 0) is 30.7 Å². The maximum absolute atomic E-state index is 5.46. The third-order valence-electron chi connectivity index (χ3n) is 2.29. The van der Waals surface area contributed by atoms with Crippen LogP contribution in [0.5, 0.6) is 5.75 Å². The van der Waals surface area contributed by atoms with Crippen molar-refractivity contribution in [1.82, 2.24) is 0 Å². The molecular formula is C15H14O. The van der Waals surface area contributed by atoms with Gasteiger partial charge in [0.05, 0.1) is 6.26 Å². The molecule has 0 bridgehead atoms. The second-order valence-corrected chi connectivity index (χ2v) is 3.64. The smallest absolute Gasteiger partial charge is 0.126 e. The van der Waals surface area contributed by atoms with Gasteiger partial charge in [0.25, 0.3) is 0 Å². The Morgan fingerprint density at radius 1 is 0.875 bits per heavy atom. The first kappa shape index (κ1) is 10.5. The number of para-hydroxylation sites is 1. The predicted molar refractivity (Wildman–Crippen MR) is 67.3 cm³/mol. The van der Waals surface area contributed by atoms with Crippen molar-refractivity contribution in [1.29, 1.82) is 0 Å². The molecule has 0 saturated carbocycles. The molecule has 0 aliphatic carbocycles. The van der Waals surface area contributed by atoms with Crippen LogP contribution < -0.4 is 4.74 Å². The summed E-state index contributed by atoms with van der Waals surface area (Å²) in [7, 11) is 0. The Labute approximate surface area is 96.0 Å². The van der Waals surface area contributed by atoms with Gasteiger partial charge < -0.3 is 4.74 Å². The van der Waals surface area contributed by atoms with Crippen molar-refractivity contribution in [3.8, 4) is 5.75 Å². The first-order valence-corrected chi connectivity index (χ1v) is 5.29. The molecule has 2 rings (SSSR count). The van der Waals surface area contributed by atoms with E-state index in [4.69, 9.17) is 4.74 Å². The summed E-state index contributed by atoms with van der Waals surface area (Å²) in [4.78, 5) is 0. The topological polar surface area (TPSA) is 9.23 Å². The van der Waals surface area contributed by atoms with Crippen molar-refractivity contribution in [2.45, 2.75) is 6.92 Å². The lowest BCUT2D eigenvalue weighted by Crippen LogP contribution is -1.81. The SMILES string of the molecule is Cc1ccc(/C=C\Oc2ccccc2)cc1. The summed E-state index contributed by atoms with van der Waals surface area (Å²) >= 11 is 0. The van der Waals surface area contributed by atoms with Crippen LogP contribution in [-0.4, -0.2) is 0 Å². The summed E-state index contributed by atoms with van der Waals surface area (Å²) < 4.78 is 5.46. The van der Waals surface area contributed by atoms with E-state index in [1.54, 1.807) is 6.26 Å². The standard InChI is InChI=1S/C15H14O/c1-13-7-9-14(10-8-13)11-12-16-15-5-3-2-4-6-15/h2-12H,1H3/b12-11-. The second kappa shape index (κ2) is 5.17. The zero-order valence-corrected chi connectivity index (χ0v) is 9.26. The molecule has 1 nitrogen and oxygen atoms in total. The van der Waals surface area contributed by atoms with E-state index in [2.05, 4.69) is 31.2 Å². The average molecular weight is 210 g/mol. The number of ether oxygens (including phenoxy) is 1. The minimum Gasteiger partial charge on any atom is -0.465 e.